The molecule has 24 nitrogen and oxygen atoms in total. The van der Waals surface area contributed by atoms with Crippen LogP contribution in [0.5, 0.6) is 138 Å². The smallest absolute Gasteiger partial charge is 0.203 e. The fraction of sp³-hybridized carbons (Fsp3) is 0.379. The highest BCUT2D eigenvalue weighted by atomic mass is 16.6. The van der Waals surface area contributed by atoms with Gasteiger partial charge in [0.1, 0.15) is 69.0 Å². The van der Waals surface area contributed by atoms with Gasteiger partial charge in [0.2, 0.25) is 23.0 Å². The van der Waals surface area contributed by atoms with E-state index in [1.54, 1.807) is 171 Å². The van der Waals surface area contributed by atoms with Gasteiger partial charge in [-0.1, -0.05) is 48.5 Å². The van der Waals surface area contributed by atoms with Crippen molar-refractivity contribution in [3.8, 4) is 138 Å². The topological polar surface area (TPSA) is 222 Å². The average Bonchev–Trinajstić information content (AvgIpc) is 0.804. The summed E-state index contributed by atoms with van der Waals surface area (Å²) in [6.45, 7) is 0. The predicted molar refractivity (Wildman–Crippen MR) is 548 cm³/mol. The van der Waals surface area contributed by atoms with Gasteiger partial charge in [0, 0.05) is 24.3 Å². The zero-order valence-electron chi connectivity index (χ0n) is 85.9. The molecule has 0 aliphatic rings. The maximum atomic E-state index is 6.12. The summed E-state index contributed by atoms with van der Waals surface area (Å²) in [6.07, 6.45) is 12.1. The second-order valence-electron chi connectivity index (χ2n) is 34.1. The standard InChI is InChI=1S/2C58H70O12/c2*1-59-46-24-38(25-47(35-46)60-2)17-22-44(23-37-13-18-42(51(27-37)63-5)20-15-40-29-53(65-7)57(69-11)54(30-40)66-8)50(45-33-48(61-3)36-49(34-45)62-4)26-39-14-19-43(52(28-39)64-6)21-16-41-31-55(67-9)58(70-12)56(32-41)68-10/h2*13-14,18-19,24-25,27-36,44,50H,15-17,20-23,26H2,1-12H3/t2*44-,50-/m10/s1. The summed E-state index contributed by atoms with van der Waals surface area (Å²) >= 11 is 0. The van der Waals surface area contributed by atoms with Crippen LogP contribution in [0.4, 0.5) is 0 Å². The van der Waals surface area contributed by atoms with E-state index in [0.29, 0.717) is 69.0 Å². The molecule has 0 aliphatic carbocycles. The molecular weight excluding hydrogens is 1780 g/mol. The van der Waals surface area contributed by atoms with Crippen LogP contribution >= 0.6 is 0 Å². The molecule has 4 atom stereocenters. The van der Waals surface area contributed by atoms with Crippen LogP contribution in [0.2, 0.25) is 0 Å². The molecule has 0 unspecified atom stereocenters. The second kappa shape index (κ2) is 53.1. The van der Waals surface area contributed by atoms with Crippen molar-refractivity contribution < 1.29 is 114 Å². The summed E-state index contributed by atoms with van der Waals surface area (Å²) in [7, 11) is 40.0. The van der Waals surface area contributed by atoms with Crippen LogP contribution in [-0.2, 0) is 89.9 Å². The van der Waals surface area contributed by atoms with Gasteiger partial charge in [-0.15, -0.1) is 0 Å². The van der Waals surface area contributed by atoms with E-state index < -0.39 is 0 Å². The Morgan fingerprint density at radius 1 is 0.150 bits per heavy atom. The molecule has 0 N–H and O–H groups in total. The van der Waals surface area contributed by atoms with Crippen LogP contribution in [0.1, 0.15) is 114 Å². The number of hydrogen-bond donors (Lipinski definition) is 0. The first-order chi connectivity index (χ1) is 68.1. The van der Waals surface area contributed by atoms with Gasteiger partial charge >= 0.3 is 0 Å². The van der Waals surface area contributed by atoms with Crippen molar-refractivity contribution in [3.05, 3.63) is 283 Å². The maximum Gasteiger partial charge on any atom is 0.203 e. The highest BCUT2D eigenvalue weighted by molar-refractivity contribution is 5.59. The van der Waals surface area contributed by atoms with Gasteiger partial charge < -0.3 is 114 Å². The summed E-state index contributed by atoms with van der Waals surface area (Å²) in [6, 6.07) is 67.1. The number of rotatable bonds is 54. The van der Waals surface area contributed by atoms with Gasteiger partial charge in [0.05, 0.1) is 171 Å². The third-order valence-electron chi connectivity index (χ3n) is 26.1. The summed E-state index contributed by atoms with van der Waals surface area (Å²) < 4.78 is 138. The molecular formula is C116H140O24. The SMILES string of the molecule is COc1cc(CC[C@@H](Cc2ccc(CCc3cc(OC)c(OC)c(OC)c3)c(OC)c2)[C@H](Cc2ccc(CCc3cc(OC)c(OC)c(OC)c3)c(OC)c2)c2cc(OC)cc(OC)c2)cc(OC)c1.COc1cc(CC[C@H](Cc2ccc(CCc3cc(OC)c(OC)c(OC)c3)c(OC)c2)[C@@H](Cc2ccc(CCc3cc(OC)c(OC)c(OC)c3)c(OC)c2)c2cc(OC)cc(OC)c2)cc(OC)c1. The van der Waals surface area contributed by atoms with Gasteiger partial charge in [-0.2, -0.15) is 0 Å². The molecule has 12 rings (SSSR count). The van der Waals surface area contributed by atoms with Crippen LogP contribution in [0, 0.1) is 11.8 Å². The molecule has 0 saturated heterocycles. The molecule has 0 spiro atoms. The van der Waals surface area contributed by atoms with Crippen LogP contribution in [0.25, 0.3) is 0 Å². The molecule has 0 aromatic heterocycles. The number of hydrogen-bond acceptors (Lipinski definition) is 24. The van der Waals surface area contributed by atoms with Crippen molar-refractivity contribution in [2.75, 3.05) is 171 Å². The van der Waals surface area contributed by atoms with Gasteiger partial charge in [-0.25, -0.2) is 0 Å². The highest BCUT2D eigenvalue weighted by Gasteiger charge is 2.31. The lowest BCUT2D eigenvalue weighted by molar-refractivity contribution is 0.323. The molecule has 0 bridgehead atoms. The monoisotopic (exact) mass is 1920 g/mol. The highest BCUT2D eigenvalue weighted by Crippen LogP contribution is 2.48. The van der Waals surface area contributed by atoms with Crippen molar-refractivity contribution in [2.24, 2.45) is 11.8 Å². The van der Waals surface area contributed by atoms with Crippen LogP contribution in [0.3, 0.4) is 0 Å². The zero-order chi connectivity index (χ0) is 100. The van der Waals surface area contributed by atoms with E-state index in [1.165, 1.54) is 11.1 Å². The minimum Gasteiger partial charge on any atom is -0.497 e. The first-order valence-electron chi connectivity index (χ1n) is 46.8. The third-order valence-corrected chi connectivity index (χ3v) is 26.1. The Kier molecular flexibility index (Phi) is 40.3. The van der Waals surface area contributed by atoms with E-state index in [1.807, 2.05) is 72.8 Å². The minimum absolute atomic E-state index is 0.0111. The second-order valence-corrected chi connectivity index (χ2v) is 34.1. The van der Waals surface area contributed by atoms with Crippen molar-refractivity contribution in [1.82, 2.24) is 0 Å². The molecule has 12 aromatic carbocycles. The number of aryl methyl sites for hydroxylation is 10. The average molecular weight is 1920 g/mol. The Balaban J connectivity index is 0.000000268. The fourth-order valence-electron chi connectivity index (χ4n) is 18.7. The lowest BCUT2D eigenvalue weighted by Crippen LogP contribution is -2.20. The van der Waals surface area contributed by atoms with E-state index in [2.05, 4.69) is 121 Å². The van der Waals surface area contributed by atoms with Crippen LogP contribution in [-0.4, -0.2) is 171 Å². The molecule has 748 valence electrons. The Hall–Kier alpha value is -14.2. The Morgan fingerprint density at radius 3 is 0.514 bits per heavy atom. The van der Waals surface area contributed by atoms with Gasteiger partial charge in [-0.3, -0.25) is 0 Å². The van der Waals surface area contributed by atoms with E-state index in [-0.39, 0.29) is 23.7 Å². The first-order valence-corrected chi connectivity index (χ1v) is 46.8. The van der Waals surface area contributed by atoms with Crippen molar-refractivity contribution >= 4 is 0 Å². The molecule has 140 heavy (non-hydrogen) atoms. The van der Waals surface area contributed by atoms with E-state index in [0.717, 1.165) is 250 Å². The third kappa shape index (κ3) is 27.7. The molecule has 0 heterocycles. The number of ether oxygens (including phenoxy) is 24. The number of methoxy groups -OCH3 is 24. The Labute approximate surface area is 827 Å². The lowest BCUT2D eigenvalue weighted by atomic mass is 9.75. The van der Waals surface area contributed by atoms with E-state index >= 15 is 0 Å². The summed E-state index contributed by atoms with van der Waals surface area (Å²) in [5, 5.41) is 0. The summed E-state index contributed by atoms with van der Waals surface area (Å²) in [5.41, 5.74) is 17.8. The van der Waals surface area contributed by atoms with Crippen molar-refractivity contribution in [3.63, 3.8) is 0 Å². The van der Waals surface area contributed by atoms with Gasteiger partial charge in [0.25, 0.3) is 0 Å². The largest absolute Gasteiger partial charge is 0.497 e. The Morgan fingerprint density at radius 2 is 0.329 bits per heavy atom. The molecule has 24 heteroatoms. The summed E-state index contributed by atoms with van der Waals surface area (Å²) in [5.74, 6) is 16.8. The molecule has 0 saturated carbocycles. The predicted octanol–water partition coefficient (Wildman–Crippen LogP) is 22.4. The van der Waals surface area contributed by atoms with Crippen molar-refractivity contribution in [2.45, 2.75) is 115 Å². The van der Waals surface area contributed by atoms with Gasteiger partial charge in [-0.05, 0) is 337 Å². The molecule has 0 fully saturated rings. The zero-order valence-corrected chi connectivity index (χ0v) is 85.9. The van der Waals surface area contributed by atoms with Crippen molar-refractivity contribution in [1.29, 1.82) is 0 Å². The maximum absolute atomic E-state index is 6.12. The lowest BCUT2D eigenvalue weighted by Gasteiger charge is -2.30. The first kappa shape index (κ1) is 106. The van der Waals surface area contributed by atoms with E-state index in [4.69, 9.17) is 114 Å². The summed E-state index contributed by atoms with van der Waals surface area (Å²) in [4.78, 5) is 0. The van der Waals surface area contributed by atoms with Gasteiger partial charge in [0.15, 0.2) is 46.0 Å². The molecule has 12 aromatic rings. The number of benzene rings is 12. The fourth-order valence-corrected chi connectivity index (χ4v) is 18.7. The quantitative estimate of drug-likeness (QED) is 0.0346. The molecule has 0 aliphatic heterocycles. The Bertz CT molecular complexity index is 5450. The minimum atomic E-state index is 0.0111. The van der Waals surface area contributed by atoms with Crippen LogP contribution in [0.15, 0.2) is 194 Å². The normalized spacial score (nSPS) is 11.8. The van der Waals surface area contributed by atoms with Crippen LogP contribution < -0.4 is 114 Å². The van der Waals surface area contributed by atoms with E-state index in [9.17, 15) is 0 Å². The molecule has 0 radical (unpaired) electrons. The molecule has 0 amide bonds.